The molecule has 0 amide bonds. The maximum absolute atomic E-state index is 3.67. The van der Waals surface area contributed by atoms with E-state index in [1.807, 2.05) is 0 Å². The Morgan fingerprint density at radius 1 is 0.567 bits per heavy atom. The fourth-order valence-electron chi connectivity index (χ4n) is 3.98. The van der Waals surface area contributed by atoms with Crippen molar-refractivity contribution in [2.75, 3.05) is 10.6 Å². The Morgan fingerprint density at radius 3 is 1.27 bits per heavy atom. The Labute approximate surface area is 182 Å². The SMILES string of the molecule is Cc1cccc(C(C)C)c1NCc1ccc(CNc2c(C)cccc2C(C)C)cc1. The minimum Gasteiger partial charge on any atom is -0.381 e. The average Bonchev–Trinajstić information content (AvgIpc) is 2.72. The van der Waals surface area contributed by atoms with Gasteiger partial charge in [0.2, 0.25) is 0 Å². The number of aryl methyl sites for hydroxylation is 2. The average molecular weight is 401 g/mol. The number of benzene rings is 3. The van der Waals surface area contributed by atoms with E-state index in [9.17, 15) is 0 Å². The first-order chi connectivity index (χ1) is 14.4. The Kier molecular flexibility index (Phi) is 7.20. The molecular formula is C28H36N2. The van der Waals surface area contributed by atoms with E-state index in [4.69, 9.17) is 0 Å². The van der Waals surface area contributed by atoms with Crippen LogP contribution in [0.25, 0.3) is 0 Å². The van der Waals surface area contributed by atoms with Crippen LogP contribution >= 0.6 is 0 Å². The summed E-state index contributed by atoms with van der Waals surface area (Å²) in [5, 5.41) is 7.34. The Balaban J connectivity index is 1.65. The van der Waals surface area contributed by atoms with E-state index in [2.05, 4.69) is 113 Å². The van der Waals surface area contributed by atoms with Crippen LogP contribution in [0.2, 0.25) is 0 Å². The lowest BCUT2D eigenvalue weighted by atomic mass is 9.98. The van der Waals surface area contributed by atoms with Crippen molar-refractivity contribution in [3.05, 3.63) is 94.0 Å². The van der Waals surface area contributed by atoms with E-state index in [-0.39, 0.29) is 0 Å². The van der Waals surface area contributed by atoms with Crippen molar-refractivity contribution in [1.29, 1.82) is 0 Å². The lowest BCUT2D eigenvalue weighted by Gasteiger charge is -2.18. The number of anilines is 2. The smallest absolute Gasteiger partial charge is 0.0407 e. The zero-order chi connectivity index (χ0) is 21.7. The zero-order valence-electron chi connectivity index (χ0n) is 19.3. The lowest BCUT2D eigenvalue weighted by molar-refractivity contribution is 0.863. The molecule has 3 aromatic carbocycles. The molecule has 0 radical (unpaired) electrons. The number of hydrogen-bond donors (Lipinski definition) is 2. The molecule has 0 fully saturated rings. The molecule has 2 nitrogen and oxygen atoms in total. The van der Waals surface area contributed by atoms with Gasteiger partial charge in [0, 0.05) is 24.5 Å². The van der Waals surface area contributed by atoms with E-state index >= 15 is 0 Å². The normalized spacial score (nSPS) is 11.2. The van der Waals surface area contributed by atoms with E-state index in [1.54, 1.807) is 0 Å². The maximum atomic E-state index is 3.67. The molecule has 0 unspecified atom stereocenters. The summed E-state index contributed by atoms with van der Waals surface area (Å²) in [5.74, 6) is 1.02. The van der Waals surface area contributed by atoms with Gasteiger partial charge in [-0.2, -0.15) is 0 Å². The molecule has 0 aliphatic heterocycles. The van der Waals surface area contributed by atoms with E-state index < -0.39 is 0 Å². The van der Waals surface area contributed by atoms with Crippen molar-refractivity contribution in [2.24, 2.45) is 0 Å². The highest BCUT2D eigenvalue weighted by molar-refractivity contribution is 5.59. The Morgan fingerprint density at radius 2 is 0.933 bits per heavy atom. The molecule has 3 aromatic rings. The van der Waals surface area contributed by atoms with Gasteiger partial charge in [-0.3, -0.25) is 0 Å². The van der Waals surface area contributed by atoms with Gasteiger partial charge in [0.05, 0.1) is 0 Å². The molecule has 0 saturated heterocycles. The number of hydrogen-bond acceptors (Lipinski definition) is 2. The molecule has 0 spiro atoms. The highest BCUT2D eigenvalue weighted by Crippen LogP contribution is 2.29. The predicted molar refractivity (Wildman–Crippen MR) is 132 cm³/mol. The topological polar surface area (TPSA) is 24.1 Å². The van der Waals surface area contributed by atoms with Crippen molar-refractivity contribution in [1.82, 2.24) is 0 Å². The predicted octanol–water partition coefficient (Wildman–Crippen LogP) is 7.77. The molecule has 2 N–H and O–H groups in total. The molecule has 2 heteroatoms. The summed E-state index contributed by atoms with van der Waals surface area (Å²) in [4.78, 5) is 0. The molecular weight excluding hydrogens is 364 g/mol. The fraction of sp³-hybridized carbons (Fsp3) is 0.357. The molecule has 3 rings (SSSR count). The number of rotatable bonds is 8. The summed E-state index contributed by atoms with van der Waals surface area (Å²) in [6, 6.07) is 22.1. The van der Waals surface area contributed by atoms with Crippen molar-refractivity contribution in [2.45, 2.75) is 66.5 Å². The first kappa shape index (κ1) is 22.0. The highest BCUT2D eigenvalue weighted by Gasteiger charge is 2.10. The van der Waals surface area contributed by atoms with Gasteiger partial charge in [-0.25, -0.2) is 0 Å². The molecule has 0 saturated carbocycles. The minimum atomic E-state index is 0.512. The third-order valence-electron chi connectivity index (χ3n) is 5.82. The third kappa shape index (κ3) is 5.24. The standard InChI is InChI=1S/C28H36N2/c1-19(2)25-11-7-9-21(5)27(25)29-17-23-13-15-24(16-14-23)18-30-28-22(6)10-8-12-26(28)20(3)4/h7-16,19-20,29-30H,17-18H2,1-6H3. The molecule has 0 aliphatic carbocycles. The van der Waals surface area contributed by atoms with Crippen LogP contribution in [0.5, 0.6) is 0 Å². The molecule has 0 aromatic heterocycles. The molecule has 0 heterocycles. The highest BCUT2D eigenvalue weighted by atomic mass is 14.9. The Hall–Kier alpha value is -2.74. The van der Waals surface area contributed by atoms with Crippen LogP contribution in [0.1, 0.15) is 72.9 Å². The fourth-order valence-corrected chi connectivity index (χ4v) is 3.98. The van der Waals surface area contributed by atoms with Gasteiger partial charge in [-0.05, 0) is 59.1 Å². The van der Waals surface area contributed by atoms with Crippen LogP contribution < -0.4 is 10.6 Å². The van der Waals surface area contributed by atoms with Crippen LogP contribution in [0.4, 0.5) is 11.4 Å². The first-order valence-corrected chi connectivity index (χ1v) is 11.1. The van der Waals surface area contributed by atoms with Crippen molar-refractivity contribution < 1.29 is 0 Å². The van der Waals surface area contributed by atoms with Gasteiger partial charge in [0.15, 0.2) is 0 Å². The molecule has 30 heavy (non-hydrogen) atoms. The summed E-state index contributed by atoms with van der Waals surface area (Å²) in [6.07, 6.45) is 0. The summed E-state index contributed by atoms with van der Waals surface area (Å²) < 4.78 is 0. The van der Waals surface area contributed by atoms with Gasteiger partial charge in [-0.15, -0.1) is 0 Å². The van der Waals surface area contributed by atoms with Gasteiger partial charge >= 0.3 is 0 Å². The maximum Gasteiger partial charge on any atom is 0.0407 e. The number of nitrogens with one attached hydrogen (secondary N) is 2. The molecule has 0 aliphatic rings. The largest absolute Gasteiger partial charge is 0.381 e. The first-order valence-electron chi connectivity index (χ1n) is 11.1. The Bertz CT molecular complexity index is 888. The van der Waals surface area contributed by atoms with Gasteiger partial charge in [0.25, 0.3) is 0 Å². The van der Waals surface area contributed by atoms with Crippen molar-refractivity contribution >= 4 is 11.4 Å². The van der Waals surface area contributed by atoms with Crippen molar-refractivity contribution in [3.63, 3.8) is 0 Å². The van der Waals surface area contributed by atoms with E-state index in [0.29, 0.717) is 11.8 Å². The van der Waals surface area contributed by atoms with E-state index in [1.165, 1.54) is 44.8 Å². The second kappa shape index (κ2) is 9.84. The van der Waals surface area contributed by atoms with Crippen LogP contribution in [0.3, 0.4) is 0 Å². The van der Waals surface area contributed by atoms with Crippen molar-refractivity contribution in [3.8, 4) is 0 Å². The van der Waals surface area contributed by atoms with Crippen LogP contribution in [-0.4, -0.2) is 0 Å². The quantitative estimate of drug-likeness (QED) is 0.403. The van der Waals surface area contributed by atoms with Crippen LogP contribution in [0.15, 0.2) is 60.7 Å². The summed E-state index contributed by atoms with van der Waals surface area (Å²) in [6.45, 7) is 15.0. The zero-order valence-corrected chi connectivity index (χ0v) is 19.3. The van der Waals surface area contributed by atoms with Gasteiger partial charge < -0.3 is 10.6 Å². The number of para-hydroxylation sites is 2. The molecule has 0 atom stereocenters. The van der Waals surface area contributed by atoms with Crippen LogP contribution in [0, 0.1) is 13.8 Å². The second-order valence-electron chi connectivity index (χ2n) is 8.91. The van der Waals surface area contributed by atoms with Gasteiger partial charge in [0.1, 0.15) is 0 Å². The monoisotopic (exact) mass is 400 g/mol. The van der Waals surface area contributed by atoms with Gasteiger partial charge in [-0.1, -0.05) is 88.4 Å². The van der Waals surface area contributed by atoms with E-state index in [0.717, 1.165) is 13.1 Å². The minimum absolute atomic E-state index is 0.512. The summed E-state index contributed by atoms with van der Waals surface area (Å²) in [7, 11) is 0. The summed E-state index contributed by atoms with van der Waals surface area (Å²) >= 11 is 0. The molecule has 158 valence electrons. The third-order valence-corrected chi connectivity index (χ3v) is 5.82. The summed E-state index contributed by atoms with van der Waals surface area (Å²) in [5.41, 5.74) is 10.5. The second-order valence-corrected chi connectivity index (χ2v) is 8.91. The molecule has 0 bridgehead atoms. The van der Waals surface area contributed by atoms with Crippen LogP contribution in [-0.2, 0) is 13.1 Å². The lowest BCUT2D eigenvalue weighted by Crippen LogP contribution is -2.07.